The Morgan fingerprint density at radius 1 is 1.24 bits per heavy atom. The Bertz CT molecular complexity index is 374. The Kier molecular flexibility index (Phi) is 3.14. The second-order valence-corrected chi connectivity index (χ2v) is 5.05. The van der Waals surface area contributed by atoms with E-state index in [1.165, 1.54) is 11.1 Å². The monoisotopic (exact) mass is 232 g/mol. The second-order valence-electron chi connectivity index (χ2n) is 5.05. The first kappa shape index (κ1) is 11.2. The van der Waals surface area contributed by atoms with E-state index in [1.807, 2.05) is 0 Å². The summed E-state index contributed by atoms with van der Waals surface area (Å²) in [6, 6.07) is 10.00. The van der Waals surface area contributed by atoms with Crippen LogP contribution in [-0.2, 0) is 4.74 Å². The van der Waals surface area contributed by atoms with Crippen molar-refractivity contribution in [1.29, 1.82) is 0 Å². The predicted molar refractivity (Wildman–Crippen MR) is 68.1 cm³/mol. The van der Waals surface area contributed by atoms with Crippen molar-refractivity contribution in [3.8, 4) is 0 Å². The number of benzene rings is 1. The molecule has 1 aromatic rings. The molecule has 1 N–H and O–H groups in total. The van der Waals surface area contributed by atoms with Gasteiger partial charge in [-0.05, 0) is 12.5 Å². The van der Waals surface area contributed by atoms with Crippen LogP contribution in [-0.4, -0.2) is 43.8 Å². The maximum atomic E-state index is 5.56. The number of rotatable bonds is 1. The van der Waals surface area contributed by atoms with Gasteiger partial charge in [0.15, 0.2) is 0 Å². The highest BCUT2D eigenvalue weighted by Crippen LogP contribution is 2.26. The van der Waals surface area contributed by atoms with Gasteiger partial charge in [-0.1, -0.05) is 29.8 Å². The van der Waals surface area contributed by atoms with E-state index in [0.717, 1.165) is 32.8 Å². The van der Waals surface area contributed by atoms with Gasteiger partial charge in [0.25, 0.3) is 0 Å². The number of nitrogens with zero attached hydrogens (tertiary/aromatic N) is 1. The van der Waals surface area contributed by atoms with Crippen LogP contribution in [0.3, 0.4) is 0 Å². The average molecular weight is 232 g/mol. The van der Waals surface area contributed by atoms with E-state index in [2.05, 4.69) is 41.4 Å². The van der Waals surface area contributed by atoms with Crippen LogP contribution in [0.15, 0.2) is 24.3 Å². The van der Waals surface area contributed by atoms with Gasteiger partial charge in [0, 0.05) is 31.7 Å². The lowest BCUT2D eigenvalue weighted by Gasteiger charge is -2.45. The Hall–Kier alpha value is -0.900. The summed E-state index contributed by atoms with van der Waals surface area (Å²) in [5.41, 5.74) is 2.76. The van der Waals surface area contributed by atoms with Crippen molar-refractivity contribution >= 4 is 0 Å². The molecule has 2 heterocycles. The molecular formula is C14H20N2O. The van der Waals surface area contributed by atoms with Crippen molar-refractivity contribution in [2.75, 3.05) is 32.8 Å². The summed E-state index contributed by atoms with van der Waals surface area (Å²) in [6.07, 6.45) is 0. The number of fused-ring (bicyclic) bond motifs is 1. The topological polar surface area (TPSA) is 24.5 Å². The molecule has 0 bridgehead atoms. The molecule has 0 amide bonds. The van der Waals surface area contributed by atoms with Gasteiger partial charge in [0.05, 0.1) is 13.2 Å². The minimum atomic E-state index is 0.512. The second kappa shape index (κ2) is 4.77. The first-order valence-electron chi connectivity index (χ1n) is 6.45. The summed E-state index contributed by atoms with van der Waals surface area (Å²) in [5, 5.41) is 3.53. The highest BCUT2D eigenvalue weighted by molar-refractivity contribution is 5.25. The zero-order chi connectivity index (χ0) is 11.7. The summed E-state index contributed by atoms with van der Waals surface area (Å²) in [6.45, 7) is 7.06. The van der Waals surface area contributed by atoms with Gasteiger partial charge in [0.2, 0.25) is 0 Å². The van der Waals surface area contributed by atoms with Crippen LogP contribution < -0.4 is 5.32 Å². The zero-order valence-corrected chi connectivity index (χ0v) is 10.4. The number of nitrogens with one attached hydrogen (secondary N) is 1. The van der Waals surface area contributed by atoms with Gasteiger partial charge < -0.3 is 10.1 Å². The number of aryl methyl sites for hydroxylation is 1. The minimum absolute atomic E-state index is 0.512. The third-order valence-electron chi connectivity index (χ3n) is 3.85. The SMILES string of the molecule is Cc1ccc(C2CNCC3COCCN32)cc1. The van der Waals surface area contributed by atoms with Gasteiger partial charge in [0.1, 0.15) is 0 Å². The van der Waals surface area contributed by atoms with Crippen LogP contribution >= 0.6 is 0 Å². The minimum Gasteiger partial charge on any atom is -0.378 e. The Morgan fingerprint density at radius 3 is 2.88 bits per heavy atom. The molecule has 3 nitrogen and oxygen atoms in total. The molecule has 1 aromatic carbocycles. The average Bonchev–Trinajstić information content (AvgIpc) is 2.39. The lowest BCUT2D eigenvalue weighted by atomic mass is 9.98. The molecule has 0 radical (unpaired) electrons. The van der Waals surface area contributed by atoms with E-state index in [9.17, 15) is 0 Å². The fourth-order valence-corrected chi connectivity index (χ4v) is 2.86. The van der Waals surface area contributed by atoms with Crippen LogP contribution in [0.4, 0.5) is 0 Å². The molecule has 0 saturated carbocycles. The Balaban J connectivity index is 1.83. The lowest BCUT2D eigenvalue weighted by molar-refractivity contribution is -0.0427. The fourth-order valence-electron chi connectivity index (χ4n) is 2.86. The Labute approximate surface area is 103 Å². The molecule has 2 aliphatic rings. The molecule has 3 rings (SSSR count). The van der Waals surface area contributed by atoms with Gasteiger partial charge in [-0.3, -0.25) is 4.90 Å². The maximum absolute atomic E-state index is 5.56. The van der Waals surface area contributed by atoms with Crippen molar-refractivity contribution in [3.63, 3.8) is 0 Å². The summed E-state index contributed by atoms with van der Waals surface area (Å²) in [4.78, 5) is 2.60. The molecule has 2 aliphatic heterocycles. The van der Waals surface area contributed by atoms with Crippen molar-refractivity contribution < 1.29 is 4.74 Å². The van der Waals surface area contributed by atoms with Crippen LogP contribution in [0, 0.1) is 6.92 Å². The van der Waals surface area contributed by atoms with Crippen LogP contribution in [0.25, 0.3) is 0 Å². The smallest absolute Gasteiger partial charge is 0.0635 e. The number of morpholine rings is 1. The van der Waals surface area contributed by atoms with E-state index >= 15 is 0 Å². The molecule has 2 saturated heterocycles. The molecular weight excluding hydrogens is 212 g/mol. The standard InChI is InChI=1S/C14H20N2O/c1-11-2-4-12(5-3-11)14-9-15-8-13-10-17-7-6-16(13)14/h2-5,13-15H,6-10H2,1H3. The molecule has 92 valence electrons. The van der Waals surface area contributed by atoms with Gasteiger partial charge in [-0.25, -0.2) is 0 Å². The van der Waals surface area contributed by atoms with E-state index in [4.69, 9.17) is 4.74 Å². The van der Waals surface area contributed by atoms with Crippen LogP contribution in [0.2, 0.25) is 0 Å². The molecule has 0 aliphatic carbocycles. The zero-order valence-electron chi connectivity index (χ0n) is 10.4. The third kappa shape index (κ3) is 2.23. The molecule has 0 aromatic heterocycles. The van der Waals surface area contributed by atoms with Crippen molar-refractivity contribution in [2.24, 2.45) is 0 Å². The maximum Gasteiger partial charge on any atom is 0.0635 e. The molecule has 2 atom stereocenters. The number of piperazine rings is 1. The lowest BCUT2D eigenvalue weighted by Crippen LogP contribution is -2.58. The molecule has 3 heteroatoms. The van der Waals surface area contributed by atoms with Gasteiger partial charge in [-0.2, -0.15) is 0 Å². The third-order valence-corrected chi connectivity index (χ3v) is 3.85. The normalized spacial score (nSPS) is 29.9. The van der Waals surface area contributed by atoms with Gasteiger partial charge >= 0.3 is 0 Å². The van der Waals surface area contributed by atoms with Gasteiger partial charge in [-0.15, -0.1) is 0 Å². The molecule has 2 fully saturated rings. The fraction of sp³-hybridized carbons (Fsp3) is 0.571. The van der Waals surface area contributed by atoms with Crippen molar-refractivity contribution in [3.05, 3.63) is 35.4 Å². The highest BCUT2D eigenvalue weighted by atomic mass is 16.5. The summed E-state index contributed by atoms with van der Waals surface area (Å²) in [7, 11) is 0. The largest absolute Gasteiger partial charge is 0.378 e. The van der Waals surface area contributed by atoms with Crippen LogP contribution in [0.1, 0.15) is 17.2 Å². The van der Waals surface area contributed by atoms with Crippen molar-refractivity contribution in [2.45, 2.75) is 19.0 Å². The first-order chi connectivity index (χ1) is 8.34. The molecule has 17 heavy (non-hydrogen) atoms. The number of hydrogen-bond acceptors (Lipinski definition) is 3. The van der Waals surface area contributed by atoms with E-state index in [1.54, 1.807) is 0 Å². The first-order valence-corrected chi connectivity index (χ1v) is 6.45. The molecule has 2 unspecified atom stereocenters. The van der Waals surface area contributed by atoms with E-state index in [0.29, 0.717) is 12.1 Å². The van der Waals surface area contributed by atoms with Crippen molar-refractivity contribution in [1.82, 2.24) is 10.2 Å². The van der Waals surface area contributed by atoms with Crippen LogP contribution in [0.5, 0.6) is 0 Å². The van der Waals surface area contributed by atoms with E-state index in [-0.39, 0.29) is 0 Å². The quantitative estimate of drug-likeness (QED) is 0.791. The predicted octanol–water partition coefficient (Wildman–Crippen LogP) is 1.34. The highest BCUT2D eigenvalue weighted by Gasteiger charge is 2.33. The number of ether oxygens (including phenoxy) is 1. The summed E-state index contributed by atoms with van der Waals surface area (Å²) in [5.74, 6) is 0. The summed E-state index contributed by atoms with van der Waals surface area (Å²) >= 11 is 0. The number of hydrogen-bond donors (Lipinski definition) is 1. The Morgan fingerprint density at radius 2 is 2.06 bits per heavy atom. The molecule has 0 spiro atoms. The summed E-state index contributed by atoms with van der Waals surface area (Å²) < 4.78 is 5.56. The van der Waals surface area contributed by atoms with E-state index < -0.39 is 0 Å².